The third-order valence-electron chi connectivity index (χ3n) is 3.29. The standard InChI is InChI=1S/C11H21F3N2/c1-8(2)16-10(7-15)5-3-4-9(6-10)11(12,13)14/h8-9,16H,3-7,15H2,1-2H3. The predicted molar refractivity (Wildman–Crippen MR) is 58.1 cm³/mol. The van der Waals surface area contributed by atoms with Crippen LogP contribution in [0.5, 0.6) is 0 Å². The number of nitrogens with one attached hydrogen (secondary N) is 1. The Morgan fingerprint density at radius 1 is 1.44 bits per heavy atom. The molecule has 1 saturated carbocycles. The third-order valence-corrected chi connectivity index (χ3v) is 3.29. The molecule has 5 heteroatoms. The molecule has 0 aliphatic heterocycles. The summed E-state index contributed by atoms with van der Waals surface area (Å²) in [5.74, 6) is -1.20. The Kier molecular flexibility index (Phi) is 4.23. The monoisotopic (exact) mass is 238 g/mol. The minimum absolute atomic E-state index is 0.116. The molecule has 3 N–H and O–H groups in total. The van der Waals surface area contributed by atoms with E-state index in [0.29, 0.717) is 6.42 Å². The average Bonchev–Trinajstić information content (AvgIpc) is 2.16. The van der Waals surface area contributed by atoms with Gasteiger partial charge in [-0.1, -0.05) is 20.3 Å². The van der Waals surface area contributed by atoms with Crippen molar-refractivity contribution in [3.63, 3.8) is 0 Å². The van der Waals surface area contributed by atoms with Gasteiger partial charge in [0.05, 0.1) is 5.92 Å². The van der Waals surface area contributed by atoms with Gasteiger partial charge in [0.15, 0.2) is 0 Å². The number of hydrogen-bond donors (Lipinski definition) is 2. The van der Waals surface area contributed by atoms with Crippen LogP contribution < -0.4 is 11.1 Å². The van der Waals surface area contributed by atoms with Crippen molar-refractivity contribution in [1.29, 1.82) is 0 Å². The van der Waals surface area contributed by atoms with Gasteiger partial charge >= 0.3 is 6.18 Å². The molecular weight excluding hydrogens is 217 g/mol. The molecule has 2 atom stereocenters. The Balaban J connectivity index is 2.72. The molecule has 1 rings (SSSR count). The van der Waals surface area contributed by atoms with Crippen LogP contribution in [0.2, 0.25) is 0 Å². The first kappa shape index (κ1) is 13.8. The quantitative estimate of drug-likeness (QED) is 0.792. The van der Waals surface area contributed by atoms with Crippen LogP contribution in [-0.2, 0) is 0 Å². The van der Waals surface area contributed by atoms with Crippen LogP contribution in [-0.4, -0.2) is 24.3 Å². The molecule has 2 unspecified atom stereocenters. The fourth-order valence-corrected chi connectivity index (χ4v) is 2.63. The average molecular weight is 238 g/mol. The maximum absolute atomic E-state index is 12.7. The zero-order valence-electron chi connectivity index (χ0n) is 9.90. The topological polar surface area (TPSA) is 38.0 Å². The lowest BCUT2D eigenvalue weighted by Gasteiger charge is -2.42. The van der Waals surface area contributed by atoms with Crippen LogP contribution in [0.1, 0.15) is 39.5 Å². The molecule has 0 saturated heterocycles. The Morgan fingerprint density at radius 3 is 2.50 bits per heavy atom. The summed E-state index contributed by atoms with van der Waals surface area (Å²) in [7, 11) is 0. The van der Waals surface area contributed by atoms with Gasteiger partial charge in [-0.15, -0.1) is 0 Å². The Bertz CT molecular complexity index is 228. The smallest absolute Gasteiger partial charge is 0.329 e. The van der Waals surface area contributed by atoms with Gasteiger partial charge in [0, 0.05) is 18.1 Å². The summed E-state index contributed by atoms with van der Waals surface area (Å²) < 4.78 is 38.1. The Labute approximate surface area is 94.8 Å². The van der Waals surface area contributed by atoms with Crippen LogP contribution in [0.3, 0.4) is 0 Å². The van der Waals surface area contributed by atoms with Crippen LogP contribution in [0.15, 0.2) is 0 Å². The number of hydrogen-bond acceptors (Lipinski definition) is 2. The van der Waals surface area contributed by atoms with Crippen molar-refractivity contribution >= 4 is 0 Å². The molecule has 16 heavy (non-hydrogen) atoms. The SMILES string of the molecule is CC(C)NC1(CN)CCCC(C(F)(F)F)C1. The molecule has 1 fully saturated rings. The largest absolute Gasteiger partial charge is 0.391 e. The van der Waals surface area contributed by atoms with Gasteiger partial charge < -0.3 is 11.1 Å². The highest BCUT2D eigenvalue weighted by atomic mass is 19.4. The molecule has 0 heterocycles. The molecule has 0 aromatic carbocycles. The van der Waals surface area contributed by atoms with Crippen LogP contribution in [0.4, 0.5) is 13.2 Å². The fourth-order valence-electron chi connectivity index (χ4n) is 2.63. The molecule has 1 aliphatic carbocycles. The second kappa shape index (κ2) is 4.92. The third kappa shape index (κ3) is 3.35. The van der Waals surface area contributed by atoms with Crippen molar-refractivity contribution in [2.45, 2.75) is 57.3 Å². The van der Waals surface area contributed by atoms with Gasteiger partial charge in [-0.2, -0.15) is 13.2 Å². The van der Waals surface area contributed by atoms with Gasteiger partial charge in [0.25, 0.3) is 0 Å². The van der Waals surface area contributed by atoms with E-state index >= 15 is 0 Å². The zero-order chi connectivity index (χ0) is 12.4. The van der Waals surface area contributed by atoms with E-state index in [2.05, 4.69) is 5.32 Å². The first-order valence-corrected chi connectivity index (χ1v) is 5.83. The van der Waals surface area contributed by atoms with E-state index in [1.165, 1.54) is 0 Å². The molecule has 2 nitrogen and oxygen atoms in total. The van der Waals surface area contributed by atoms with Crippen molar-refractivity contribution in [2.75, 3.05) is 6.54 Å². The summed E-state index contributed by atoms with van der Waals surface area (Å²) in [4.78, 5) is 0. The minimum Gasteiger partial charge on any atom is -0.329 e. The number of halogens is 3. The van der Waals surface area contributed by atoms with Gasteiger partial charge in [0.1, 0.15) is 0 Å². The second-order valence-corrected chi connectivity index (χ2v) is 5.12. The maximum Gasteiger partial charge on any atom is 0.391 e. The van der Waals surface area contributed by atoms with E-state index in [4.69, 9.17) is 5.73 Å². The normalized spacial score (nSPS) is 32.1. The van der Waals surface area contributed by atoms with Gasteiger partial charge in [-0.05, 0) is 19.3 Å². The van der Waals surface area contributed by atoms with E-state index in [1.54, 1.807) is 0 Å². The summed E-state index contributed by atoms with van der Waals surface area (Å²) >= 11 is 0. The highest BCUT2D eigenvalue weighted by molar-refractivity contribution is 4.97. The zero-order valence-corrected chi connectivity index (χ0v) is 9.90. The maximum atomic E-state index is 12.7. The van der Waals surface area contributed by atoms with Gasteiger partial charge in [0.2, 0.25) is 0 Å². The summed E-state index contributed by atoms with van der Waals surface area (Å²) in [6, 6.07) is 0.163. The van der Waals surface area contributed by atoms with E-state index in [9.17, 15) is 13.2 Å². The van der Waals surface area contributed by atoms with E-state index in [1.807, 2.05) is 13.8 Å². The molecule has 1 aliphatic rings. The Morgan fingerprint density at radius 2 is 2.06 bits per heavy atom. The summed E-state index contributed by atoms with van der Waals surface area (Å²) in [6.07, 6.45) is -2.38. The molecule has 0 amide bonds. The molecule has 0 aromatic rings. The van der Waals surface area contributed by atoms with Crippen molar-refractivity contribution in [2.24, 2.45) is 11.7 Å². The van der Waals surface area contributed by atoms with E-state index in [0.717, 1.165) is 6.42 Å². The van der Waals surface area contributed by atoms with Crippen molar-refractivity contribution in [3.05, 3.63) is 0 Å². The molecule has 0 aromatic heterocycles. The van der Waals surface area contributed by atoms with Crippen molar-refractivity contribution in [3.8, 4) is 0 Å². The fraction of sp³-hybridized carbons (Fsp3) is 1.00. The molecule has 0 radical (unpaired) electrons. The predicted octanol–water partition coefficient (Wildman–Crippen LogP) is 2.43. The molecule has 0 spiro atoms. The summed E-state index contributed by atoms with van der Waals surface area (Å²) in [5.41, 5.74) is 5.14. The van der Waals surface area contributed by atoms with Crippen LogP contribution >= 0.6 is 0 Å². The van der Waals surface area contributed by atoms with E-state index < -0.39 is 17.6 Å². The Hall–Kier alpha value is -0.290. The first-order chi connectivity index (χ1) is 7.29. The lowest BCUT2D eigenvalue weighted by atomic mass is 9.75. The summed E-state index contributed by atoms with van der Waals surface area (Å²) in [6.45, 7) is 4.15. The minimum atomic E-state index is -4.08. The molecule has 96 valence electrons. The van der Waals surface area contributed by atoms with Crippen LogP contribution in [0, 0.1) is 5.92 Å². The lowest BCUT2D eigenvalue weighted by molar-refractivity contribution is -0.188. The first-order valence-electron chi connectivity index (χ1n) is 5.83. The van der Waals surface area contributed by atoms with Crippen molar-refractivity contribution in [1.82, 2.24) is 5.32 Å². The number of nitrogens with two attached hydrogens (primary N) is 1. The van der Waals surface area contributed by atoms with Gasteiger partial charge in [-0.3, -0.25) is 0 Å². The van der Waals surface area contributed by atoms with Gasteiger partial charge in [-0.25, -0.2) is 0 Å². The highest BCUT2D eigenvalue weighted by Crippen LogP contribution is 2.41. The highest BCUT2D eigenvalue weighted by Gasteiger charge is 2.47. The second-order valence-electron chi connectivity index (χ2n) is 5.12. The number of alkyl halides is 3. The molecular formula is C11H21F3N2. The van der Waals surface area contributed by atoms with Crippen LogP contribution in [0.25, 0.3) is 0 Å². The van der Waals surface area contributed by atoms with Crippen molar-refractivity contribution < 1.29 is 13.2 Å². The summed E-state index contributed by atoms with van der Waals surface area (Å²) in [5, 5.41) is 3.22. The lowest BCUT2D eigenvalue weighted by Crippen LogP contribution is -2.57. The molecule has 0 bridgehead atoms. The number of rotatable bonds is 3. The van der Waals surface area contributed by atoms with E-state index in [-0.39, 0.29) is 25.4 Å².